The average Bonchev–Trinajstić information content (AvgIpc) is 2.53. The first kappa shape index (κ1) is 11.6. The van der Waals surface area contributed by atoms with E-state index in [1.165, 1.54) is 0 Å². The van der Waals surface area contributed by atoms with Crippen molar-refractivity contribution >= 4 is 0 Å². The van der Waals surface area contributed by atoms with Crippen molar-refractivity contribution in [1.29, 1.82) is 0 Å². The van der Waals surface area contributed by atoms with E-state index in [0.717, 1.165) is 24.7 Å². The van der Waals surface area contributed by atoms with Crippen molar-refractivity contribution in [2.45, 2.75) is 34.2 Å². The van der Waals surface area contributed by atoms with Gasteiger partial charge in [-0.25, -0.2) is 0 Å². The van der Waals surface area contributed by atoms with E-state index in [1.807, 2.05) is 13.2 Å². The van der Waals surface area contributed by atoms with Crippen LogP contribution in [0.3, 0.4) is 0 Å². The lowest BCUT2D eigenvalue weighted by Gasteiger charge is -2.04. The van der Waals surface area contributed by atoms with Gasteiger partial charge in [0.05, 0.1) is 5.69 Å². The molecule has 1 heterocycles. The van der Waals surface area contributed by atoms with Gasteiger partial charge in [0.2, 0.25) is 0 Å². The van der Waals surface area contributed by atoms with Gasteiger partial charge in [-0.05, 0) is 23.3 Å². The summed E-state index contributed by atoms with van der Waals surface area (Å²) in [6, 6.07) is 0. The van der Waals surface area contributed by atoms with Crippen molar-refractivity contribution in [3.8, 4) is 0 Å². The molecule has 1 aliphatic rings. The van der Waals surface area contributed by atoms with E-state index in [0.29, 0.717) is 10.8 Å². The van der Waals surface area contributed by atoms with Crippen LogP contribution in [-0.2, 0) is 13.6 Å². The standard InChI is InChI=1S/C12H22N4/c1-11(2)10(12(11,3)4)7-13-6-9-8-16(5)15-14-9/h8,10,13H,6-7H2,1-5H3. The summed E-state index contributed by atoms with van der Waals surface area (Å²) in [5.41, 5.74) is 1.93. The number of nitrogens with one attached hydrogen (secondary N) is 1. The molecule has 0 aromatic carbocycles. The highest BCUT2D eigenvalue weighted by Gasteiger charge is 2.63. The van der Waals surface area contributed by atoms with E-state index in [-0.39, 0.29) is 0 Å². The van der Waals surface area contributed by atoms with E-state index in [2.05, 4.69) is 43.3 Å². The molecule has 0 aliphatic heterocycles. The first-order valence-electron chi connectivity index (χ1n) is 5.91. The van der Waals surface area contributed by atoms with Crippen molar-refractivity contribution < 1.29 is 0 Å². The minimum Gasteiger partial charge on any atom is -0.311 e. The maximum Gasteiger partial charge on any atom is 0.0964 e. The fraction of sp³-hybridized carbons (Fsp3) is 0.833. The third kappa shape index (κ3) is 1.75. The zero-order chi connectivity index (χ0) is 12.0. The topological polar surface area (TPSA) is 42.7 Å². The van der Waals surface area contributed by atoms with E-state index in [9.17, 15) is 0 Å². The van der Waals surface area contributed by atoms with Crippen molar-refractivity contribution in [2.24, 2.45) is 23.8 Å². The Hall–Kier alpha value is -0.900. The molecule has 0 unspecified atom stereocenters. The van der Waals surface area contributed by atoms with Gasteiger partial charge in [-0.15, -0.1) is 5.10 Å². The fourth-order valence-corrected chi connectivity index (χ4v) is 2.66. The SMILES string of the molecule is Cn1cc(CNCC2C(C)(C)C2(C)C)nn1. The Morgan fingerprint density at radius 2 is 1.94 bits per heavy atom. The molecule has 90 valence electrons. The summed E-state index contributed by atoms with van der Waals surface area (Å²) in [5, 5.41) is 11.4. The summed E-state index contributed by atoms with van der Waals surface area (Å²) in [6.45, 7) is 11.3. The number of aromatic nitrogens is 3. The van der Waals surface area contributed by atoms with Crippen LogP contribution < -0.4 is 5.32 Å². The van der Waals surface area contributed by atoms with Crippen LogP contribution >= 0.6 is 0 Å². The molecule has 0 saturated heterocycles. The number of nitrogens with zero attached hydrogens (tertiary/aromatic N) is 3. The van der Waals surface area contributed by atoms with Crippen LogP contribution in [-0.4, -0.2) is 21.5 Å². The zero-order valence-corrected chi connectivity index (χ0v) is 10.9. The normalized spacial score (nSPS) is 22.3. The van der Waals surface area contributed by atoms with Gasteiger partial charge in [-0.2, -0.15) is 0 Å². The third-order valence-corrected chi connectivity index (χ3v) is 4.62. The molecule has 0 radical (unpaired) electrons. The molecule has 0 amide bonds. The van der Waals surface area contributed by atoms with Crippen molar-refractivity contribution in [1.82, 2.24) is 20.3 Å². The Kier molecular flexibility index (Phi) is 2.57. The van der Waals surface area contributed by atoms with Crippen LogP contribution in [0.1, 0.15) is 33.4 Å². The second kappa shape index (κ2) is 3.55. The van der Waals surface area contributed by atoms with Gasteiger partial charge in [-0.3, -0.25) is 4.68 Å². The number of hydrogen-bond acceptors (Lipinski definition) is 3. The largest absolute Gasteiger partial charge is 0.311 e. The summed E-state index contributed by atoms with van der Waals surface area (Å²) in [5.74, 6) is 0.761. The molecule has 2 rings (SSSR count). The molecule has 1 fully saturated rings. The van der Waals surface area contributed by atoms with Gasteiger partial charge in [0.25, 0.3) is 0 Å². The number of aryl methyl sites for hydroxylation is 1. The van der Waals surface area contributed by atoms with Crippen molar-refractivity contribution in [2.75, 3.05) is 6.54 Å². The van der Waals surface area contributed by atoms with Crippen LogP contribution in [0.4, 0.5) is 0 Å². The Morgan fingerprint density at radius 3 is 2.38 bits per heavy atom. The van der Waals surface area contributed by atoms with Gasteiger partial charge in [-0.1, -0.05) is 32.9 Å². The highest BCUT2D eigenvalue weighted by molar-refractivity contribution is 5.12. The Balaban J connectivity index is 1.78. The lowest BCUT2D eigenvalue weighted by Crippen LogP contribution is -2.19. The molecule has 1 N–H and O–H groups in total. The minimum atomic E-state index is 0.461. The Bertz CT molecular complexity index is 364. The van der Waals surface area contributed by atoms with Gasteiger partial charge in [0, 0.05) is 19.8 Å². The number of rotatable bonds is 4. The summed E-state index contributed by atoms with van der Waals surface area (Å²) in [6.07, 6.45) is 1.95. The van der Waals surface area contributed by atoms with Crippen LogP contribution in [0.2, 0.25) is 0 Å². The predicted molar refractivity (Wildman–Crippen MR) is 63.8 cm³/mol. The number of hydrogen-bond donors (Lipinski definition) is 1. The van der Waals surface area contributed by atoms with Crippen LogP contribution in [0.15, 0.2) is 6.20 Å². The average molecular weight is 222 g/mol. The zero-order valence-electron chi connectivity index (χ0n) is 10.9. The van der Waals surface area contributed by atoms with Gasteiger partial charge < -0.3 is 5.32 Å². The van der Waals surface area contributed by atoms with Gasteiger partial charge in [0.15, 0.2) is 0 Å². The third-order valence-electron chi connectivity index (χ3n) is 4.62. The van der Waals surface area contributed by atoms with Crippen LogP contribution in [0.5, 0.6) is 0 Å². The second-order valence-electron chi connectivity index (χ2n) is 6.01. The predicted octanol–water partition coefficient (Wildman–Crippen LogP) is 1.59. The molecule has 0 spiro atoms. The van der Waals surface area contributed by atoms with E-state index in [1.54, 1.807) is 4.68 Å². The summed E-state index contributed by atoms with van der Waals surface area (Å²) >= 11 is 0. The molecule has 1 saturated carbocycles. The smallest absolute Gasteiger partial charge is 0.0964 e. The molecule has 1 aliphatic carbocycles. The summed E-state index contributed by atoms with van der Waals surface area (Å²) < 4.78 is 1.74. The lowest BCUT2D eigenvalue weighted by molar-refractivity contribution is 0.457. The molecule has 4 nitrogen and oxygen atoms in total. The molecular formula is C12H22N4. The molecule has 0 atom stereocenters. The molecule has 4 heteroatoms. The maximum absolute atomic E-state index is 4.06. The monoisotopic (exact) mass is 222 g/mol. The van der Waals surface area contributed by atoms with Crippen molar-refractivity contribution in [3.63, 3.8) is 0 Å². The fourth-order valence-electron chi connectivity index (χ4n) is 2.66. The van der Waals surface area contributed by atoms with E-state index >= 15 is 0 Å². The molecule has 0 bridgehead atoms. The molecule has 16 heavy (non-hydrogen) atoms. The van der Waals surface area contributed by atoms with Crippen molar-refractivity contribution in [3.05, 3.63) is 11.9 Å². The highest BCUT2D eigenvalue weighted by atomic mass is 15.4. The molecular weight excluding hydrogens is 200 g/mol. The lowest BCUT2D eigenvalue weighted by atomic mass is 10.0. The van der Waals surface area contributed by atoms with Crippen LogP contribution in [0.25, 0.3) is 0 Å². The van der Waals surface area contributed by atoms with Crippen LogP contribution in [0, 0.1) is 16.7 Å². The Morgan fingerprint density at radius 1 is 1.31 bits per heavy atom. The first-order valence-corrected chi connectivity index (χ1v) is 5.91. The molecule has 1 aromatic heterocycles. The highest BCUT2D eigenvalue weighted by Crippen LogP contribution is 2.67. The van der Waals surface area contributed by atoms with E-state index < -0.39 is 0 Å². The Labute approximate surface area is 97.4 Å². The quantitative estimate of drug-likeness (QED) is 0.841. The maximum atomic E-state index is 4.06. The minimum absolute atomic E-state index is 0.461. The summed E-state index contributed by atoms with van der Waals surface area (Å²) in [4.78, 5) is 0. The first-order chi connectivity index (χ1) is 7.35. The molecule has 1 aromatic rings. The van der Waals surface area contributed by atoms with E-state index in [4.69, 9.17) is 0 Å². The van der Waals surface area contributed by atoms with Gasteiger partial charge >= 0.3 is 0 Å². The second-order valence-corrected chi connectivity index (χ2v) is 6.01. The van der Waals surface area contributed by atoms with Gasteiger partial charge in [0.1, 0.15) is 0 Å². The summed E-state index contributed by atoms with van der Waals surface area (Å²) in [7, 11) is 1.89.